The molecule has 3 heterocycles. The highest BCUT2D eigenvalue weighted by Crippen LogP contribution is 2.24. The van der Waals surface area contributed by atoms with Crippen LogP contribution in [0.2, 0.25) is 0 Å². The first-order valence-corrected chi connectivity index (χ1v) is 11.6. The number of halogens is 1. The summed E-state index contributed by atoms with van der Waals surface area (Å²) in [6.07, 6.45) is 2.16. The van der Waals surface area contributed by atoms with Crippen LogP contribution < -0.4 is 0 Å². The van der Waals surface area contributed by atoms with Gasteiger partial charge in [0.25, 0.3) is 0 Å². The van der Waals surface area contributed by atoms with Gasteiger partial charge in [0.1, 0.15) is 5.82 Å². The molecule has 9 heteroatoms. The molecule has 2 aromatic heterocycles. The fourth-order valence-corrected chi connectivity index (χ4v) is 4.07. The minimum Gasteiger partial charge on any atom is -0.441 e. The predicted octanol–water partition coefficient (Wildman–Crippen LogP) is 4.12. The number of hydrogen-bond acceptors (Lipinski definition) is 7. The summed E-state index contributed by atoms with van der Waals surface area (Å²) in [6, 6.07) is 14.4. The average molecular weight is 476 g/mol. The van der Waals surface area contributed by atoms with Gasteiger partial charge in [-0.05, 0) is 19.1 Å². The molecule has 1 aliphatic heterocycles. The minimum absolute atomic E-state index is 0.0507. The van der Waals surface area contributed by atoms with Gasteiger partial charge < -0.3 is 13.8 Å². The quantitative estimate of drug-likeness (QED) is 0.397. The van der Waals surface area contributed by atoms with Crippen molar-refractivity contribution in [2.75, 3.05) is 26.2 Å². The van der Waals surface area contributed by atoms with Crippen molar-refractivity contribution in [3.63, 3.8) is 0 Å². The lowest BCUT2D eigenvalue weighted by Gasteiger charge is -2.33. The Kier molecular flexibility index (Phi) is 6.67. The third-order valence-electron chi connectivity index (χ3n) is 6.11. The Morgan fingerprint density at radius 1 is 1.03 bits per heavy atom. The van der Waals surface area contributed by atoms with Crippen LogP contribution in [-0.4, -0.2) is 57.0 Å². The van der Waals surface area contributed by atoms with Crippen molar-refractivity contribution in [2.24, 2.45) is 0 Å². The molecule has 5 rings (SSSR count). The van der Waals surface area contributed by atoms with Crippen LogP contribution in [0.5, 0.6) is 0 Å². The van der Waals surface area contributed by atoms with Crippen LogP contribution in [0.1, 0.15) is 23.8 Å². The van der Waals surface area contributed by atoms with Gasteiger partial charge in [-0.15, -0.1) is 0 Å². The topological polar surface area (TPSA) is 88.5 Å². The number of carbonyl (C=O) groups excluding carboxylic acids is 1. The van der Waals surface area contributed by atoms with E-state index in [2.05, 4.69) is 20.0 Å². The zero-order chi connectivity index (χ0) is 24.2. The molecule has 35 heavy (non-hydrogen) atoms. The molecule has 0 atom stereocenters. The van der Waals surface area contributed by atoms with E-state index in [1.165, 1.54) is 17.8 Å². The molecule has 1 aliphatic rings. The van der Waals surface area contributed by atoms with Gasteiger partial charge in [-0.1, -0.05) is 47.1 Å². The Morgan fingerprint density at radius 3 is 2.57 bits per heavy atom. The summed E-state index contributed by atoms with van der Waals surface area (Å²) in [4.78, 5) is 25.4. The zero-order valence-electron chi connectivity index (χ0n) is 19.5. The zero-order valence-corrected chi connectivity index (χ0v) is 19.5. The number of aromatic nitrogens is 3. The molecule has 0 N–H and O–H groups in total. The van der Waals surface area contributed by atoms with E-state index in [1.807, 2.05) is 36.1 Å². The number of rotatable bonds is 7. The Bertz CT molecular complexity index is 1290. The van der Waals surface area contributed by atoms with Crippen molar-refractivity contribution in [3.05, 3.63) is 77.9 Å². The second-order valence-electron chi connectivity index (χ2n) is 8.63. The summed E-state index contributed by atoms with van der Waals surface area (Å²) in [5.74, 6) is 1.63. The largest absolute Gasteiger partial charge is 0.441 e. The Balaban J connectivity index is 1.09. The van der Waals surface area contributed by atoms with E-state index in [9.17, 15) is 9.18 Å². The molecular weight excluding hydrogens is 449 g/mol. The smallest absolute Gasteiger partial charge is 0.241 e. The Hall–Kier alpha value is -3.85. The van der Waals surface area contributed by atoms with E-state index in [-0.39, 0.29) is 11.7 Å². The lowest BCUT2D eigenvalue weighted by Crippen LogP contribution is -2.48. The van der Waals surface area contributed by atoms with E-state index in [4.69, 9.17) is 8.94 Å². The maximum atomic E-state index is 13.9. The molecule has 180 valence electrons. The molecule has 0 unspecified atom stereocenters. The van der Waals surface area contributed by atoms with E-state index in [0.29, 0.717) is 61.4 Å². The molecule has 2 aromatic carbocycles. The van der Waals surface area contributed by atoms with Crippen molar-refractivity contribution in [2.45, 2.75) is 26.3 Å². The van der Waals surface area contributed by atoms with Crippen molar-refractivity contribution in [3.8, 4) is 22.7 Å². The first-order valence-electron chi connectivity index (χ1n) is 11.6. The van der Waals surface area contributed by atoms with Crippen molar-refractivity contribution >= 4 is 5.91 Å². The standard InChI is InChI=1S/C26H26FN5O3/c1-18-6-8-19(9-7-18)26-29-24(35-30-26)17-31-12-14-32(15-13-31)25(33)11-10-23-28-16-22(34-23)20-4-2-3-5-21(20)27/h2-9,16H,10-15,17H2,1H3. The number of hydrogen-bond donors (Lipinski definition) is 0. The molecule has 0 saturated carbocycles. The van der Waals surface area contributed by atoms with Gasteiger partial charge in [-0.25, -0.2) is 9.37 Å². The summed E-state index contributed by atoms with van der Waals surface area (Å²) in [6.45, 7) is 5.30. The van der Waals surface area contributed by atoms with Gasteiger partial charge in [-0.2, -0.15) is 4.98 Å². The number of benzene rings is 2. The number of oxazole rings is 1. The molecule has 0 spiro atoms. The van der Waals surface area contributed by atoms with Crippen LogP contribution in [0.3, 0.4) is 0 Å². The van der Waals surface area contributed by atoms with Gasteiger partial charge in [0.15, 0.2) is 11.7 Å². The van der Waals surface area contributed by atoms with E-state index in [1.54, 1.807) is 18.2 Å². The number of amides is 1. The van der Waals surface area contributed by atoms with Crippen molar-refractivity contribution in [1.82, 2.24) is 24.9 Å². The molecule has 4 aromatic rings. The lowest BCUT2D eigenvalue weighted by atomic mass is 10.1. The fourth-order valence-electron chi connectivity index (χ4n) is 4.07. The van der Waals surface area contributed by atoms with E-state index < -0.39 is 0 Å². The monoisotopic (exact) mass is 475 g/mol. The first kappa shape index (κ1) is 22.9. The number of nitrogens with zero attached hydrogens (tertiary/aromatic N) is 5. The second kappa shape index (κ2) is 10.2. The molecule has 0 radical (unpaired) electrons. The second-order valence-corrected chi connectivity index (χ2v) is 8.63. The van der Waals surface area contributed by atoms with Crippen LogP contribution in [0.25, 0.3) is 22.7 Å². The fraction of sp³-hybridized carbons (Fsp3) is 0.308. The van der Waals surface area contributed by atoms with E-state index >= 15 is 0 Å². The van der Waals surface area contributed by atoms with Crippen LogP contribution in [0, 0.1) is 12.7 Å². The summed E-state index contributed by atoms with van der Waals surface area (Å²) in [5.41, 5.74) is 2.46. The summed E-state index contributed by atoms with van der Waals surface area (Å²) >= 11 is 0. The van der Waals surface area contributed by atoms with Gasteiger partial charge in [0, 0.05) is 44.6 Å². The molecule has 8 nitrogen and oxygen atoms in total. The molecule has 1 amide bonds. The van der Waals surface area contributed by atoms with Crippen molar-refractivity contribution in [1.29, 1.82) is 0 Å². The average Bonchev–Trinajstić information content (AvgIpc) is 3.54. The number of carbonyl (C=O) groups is 1. The maximum absolute atomic E-state index is 13.9. The Morgan fingerprint density at radius 2 is 1.80 bits per heavy atom. The summed E-state index contributed by atoms with van der Waals surface area (Å²) in [5, 5.41) is 4.09. The molecule has 1 saturated heterocycles. The first-order chi connectivity index (χ1) is 17.0. The highest BCUT2D eigenvalue weighted by molar-refractivity contribution is 5.76. The van der Waals surface area contributed by atoms with E-state index in [0.717, 1.165) is 18.7 Å². The van der Waals surface area contributed by atoms with Crippen LogP contribution in [0.15, 0.2) is 63.7 Å². The molecular formula is C26H26FN5O3. The lowest BCUT2D eigenvalue weighted by molar-refractivity contribution is -0.133. The third kappa shape index (κ3) is 5.46. The normalized spacial score (nSPS) is 14.4. The SMILES string of the molecule is Cc1ccc(-c2noc(CN3CCN(C(=O)CCc4ncc(-c5ccccc5F)o4)CC3)n2)cc1. The number of aryl methyl sites for hydroxylation is 2. The highest BCUT2D eigenvalue weighted by atomic mass is 19.1. The molecule has 1 fully saturated rings. The van der Waals surface area contributed by atoms with Gasteiger partial charge >= 0.3 is 0 Å². The molecule has 0 aliphatic carbocycles. The predicted molar refractivity (Wildman–Crippen MR) is 127 cm³/mol. The van der Waals surface area contributed by atoms with Gasteiger partial charge in [0.2, 0.25) is 17.6 Å². The Labute approximate surface area is 202 Å². The summed E-state index contributed by atoms with van der Waals surface area (Å²) in [7, 11) is 0. The van der Waals surface area contributed by atoms with Crippen molar-refractivity contribution < 1.29 is 18.1 Å². The number of piperazine rings is 1. The van der Waals surface area contributed by atoms with Crippen LogP contribution in [0.4, 0.5) is 4.39 Å². The highest BCUT2D eigenvalue weighted by Gasteiger charge is 2.23. The minimum atomic E-state index is -0.365. The van der Waals surface area contributed by atoms with Gasteiger partial charge in [0.05, 0.1) is 18.3 Å². The maximum Gasteiger partial charge on any atom is 0.241 e. The molecule has 0 bridgehead atoms. The van der Waals surface area contributed by atoms with Crippen LogP contribution >= 0.6 is 0 Å². The van der Waals surface area contributed by atoms with Gasteiger partial charge in [-0.3, -0.25) is 9.69 Å². The summed E-state index contributed by atoms with van der Waals surface area (Å²) < 4.78 is 25.0. The third-order valence-corrected chi connectivity index (χ3v) is 6.11. The van der Waals surface area contributed by atoms with Crippen LogP contribution in [-0.2, 0) is 17.8 Å².